The summed E-state index contributed by atoms with van der Waals surface area (Å²) >= 11 is 3.14. The number of aliphatic hydroxyl groups excluding tert-OH is 1. The number of rotatable bonds is 2. The molecule has 1 rings (SSSR count). The lowest BCUT2D eigenvalue weighted by Crippen LogP contribution is -2.00. The average molecular weight is 247 g/mol. The molecule has 1 nitrogen and oxygen atoms in total. The molecule has 1 unspecified atom stereocenters. The van der Waals surface area contributed by atoms with Crippen molar-refractivity contribution in [1.29, 1.82) is 0 Å². The van der Waals surface area contributed by atoms with Gasteiger partial charge in [-0.2, -0.15) is 0 Å². The highest BCUT2D eigenvalue weighted by Crippen LogP contribution is 2.25. The highest BCUT2D eigenvalue weighted by Gasteiger charge is 2.09. The van der Waals surface area contributed by atoms with Crippen molar-refractivity contribution in [2.24, 2.45) is 0 Å². The Kier molecular flexibility index (Phi) is 3.45. The van der Waals surface area contributed by atoms with E-state index >= 15 is 0 Å². The molecule has 72 valence electrons. The Labute approximate surface area is 85.7 Å². The zero-order valence-corrected chi connectivity index (χ0v) is 9.23. The van der Waals surface area contributed by atoms with E-state index in [4.69, 9.17) is 5.11 Å². The minimum absolute atomic E-state index is 0.0515. The smallest absolute Gasteiger partial charge is 0.140 e. The Morgan fingerprint density at radius 2 is 2.15 bits per heavy atom. The topological polar surface area (TPSA) is 20.2 Å². The third-order valence-electron chi connectivity index (χ3n) is 2.08. The number of hydrogen-bond acceptors (Lipinski definition) is 1. The summed E-state index contributed by atoms with van der Waals surface area (Å²) in [5, 5.41) is 8.93. The van der Waals surface area contributed by atoms with Crippen LogP contribution in [0.4, 0.5) is 4.39 Å². The van der Waals surface area contributed by atoms with E-state index in [1.165, 1.54) is 0 Å². The van der Waals surface area contributed by atoms with Gasteiger partial charge in [0.1, 0.15) is 5.82 Å². The number of halogens is 2. The summed E-state index contributed by atoms with van der Waals surface area (Å²) in [6, 6.07) is 3.48. The maximum Gasteiger partial charge on any atom is 0.140 e. The predicted molar refractivity (Wildman–Crippen MR) is 54.3 cm³/mol. The maximum absolute atomic E-state index is 13.2. The van der Waals surface area contributed by atoms with Crippen LogP contribution in [0.1, 0.15) is 24.0 Å². The summed E-state index contributed by atoms with van der Waals surface area (Å²) in [6.45, 7) is 3.70. The van der Waals surface area contributed by atoms with Crippen molar-refractivity contribution in [2.45, 2.75) is 19.8 Å². The van der Waals surface area contributed by atoms with Gasteiger partial charge in [-0.1, -0.05) is 13.0 Å². The van der Waals surface area contributed by atoms with E-state index in [1.807, 2.05) is 6.92 Å². The Bertz CT molecular complexity index is 289. The summed E-state index contributed by atoms with van der Waals surface area (Å²) < 4.78 is 13.6. The highest BCUT2D eigenvalue weighted by atomic mass is 79.9. The minimum Gasteiger partial charge on any atom is -0.396 e. The summed E-state index contributed by atoms with van der Waals surface area (Å²) in [5.74, 6) is -0.176. The summed E-state index contributed by atoms with van der Waals surface area (Å²) in [4.78, 5) is 0. The van der Waals surface area contributed by atoms with Crippen LogP contribution in [0, 0.1) is 12.7 Å². The van der Waals surface area contributed by atoms with Crippen molar-refractivity contribution in [3.8, 4) is 0 Å². The van der Waals surface area contributed by atoms with Crippen LogP contribution in [0.15, 0.2) is 16.6 Å². The number of aryl methyl sites for hydroxylation is 1. The third-order valence-corrected chi connectivity index (χ3v) is 2.65. The summed E-state index contributed by atoms with van der Waals surface area (Å²) in [7, 11) is 0. The Hall–Kier alpha value is -0.410. The molecule has 0 saturated carbocycles. The van der Waals surface area contributed by atoms with Crippen LogP contribution in [0.5, 0.6) is 0 Å². The molecule has 1 aromatic rings. The lowest BCUT2D eigenvalue weighted by Gasteiger charge is -2.10. The zero-order valence-electron chi connectivity index (χ0n) is 7.64. The van der Waals surface area contributed by atoms with E-state index in [1.54, 1.807) is 19.1 Å². The van der Waals surface area contributed by atoms with Crippen LogP contribution in [0.3, 0.4) is 0 Å². The van der Waals surface area contributed by atoms with Crippen molar-refractivity contribution >= 4 is 15.9 Å². The van der Waals surface area contributed by atoms with Gasteiger partial charge in [0.15, 0.2) is 0 Å². The van der Waals surface area contributed by atoms with Gasteiger partial charge < -0.3 is 5.11 Å². The van der Waals surface area contributed by atoms with Gasteiger partial charge in [0.25, 0.3) is 0 Å². The molecule has 0 bridgehead atoms. The van der Waals surface area contributed by atoms with Crippen molar-refractivity contribution in [3.63, 3.8) is 0 Å². The van der Waals surface area contributed by atoms with Crippen molar-refractivity contribution < 1.29 is 9.50 Å². The van der Waals surface area contributed by atoms with Gasteiger partial charge >= 0.3 is 0 Å². The molecule has 0 saturated heterocycles. The van der Waals surface area contributed by atoms with Crippen LogP contribution in [-0.4, -0.2) is 11.7 Å². The SMILES string of the molecule is Cc1cc(C(C)CO)cc(Br)c1F. The first-order chi connectivity index (χ1) is 6.06. The van der Waals surface area contributed by atoms with Crippen molar-refractivity contribution in [3.05, 3.63) is 33.5 Å². The molecule has 3 heteroatoms. The molecular weight excluding hydrogens is 235 g/mol. The van der Waals surface area contributed by atoms with E-state index in [0.717, 1.165) is 5.56 Å². The molecule has 0 fully saturated rings. The zero-order chi connectivity index (χ0) is 10.0. The standard InChI is InChI=1S/C10H12BrFO/c1-6-3-8(7(2)5-13)4-9(11)10(6)12/h3-4,7,13H,5H2,1-2H3. The molecule has 0 aliphatic carbocycles. The van der Waals surface area contributed by atoms with Crippen LogP contribution in [-0.2, 0) is 0 Å². The molecule has 13 heavy (non-hydrogen) atoms. The molecule has 0 radical (unpaired) electrons. The van der Waals surface area contributed by atoms with Crippen LogP contribution < -0.4 is 0 Å². The number of benzene rings is 1. The van der Waals surface area contributed by atoms with Gasteiger partial charge in [0, 0.05) is 12.5 Å². The lowest BCUT2D eigenvalue weighted by atomic mass is 10.0. The molecule has 0 aromatic heterocycles. The van der Waals surface area contributed by atoms with Gasteiger partial charge in [0.05, 0.1) is 4.47 Å². The van der Waals surface area contributed by atoms with E-state index in [9.17, 15) is 4.39 Å². The maximum atomic E-state index is 13.2. The van der Waals surface area contributed by atoms with Crippen LogP contribution in [0.25, 0.3) is 0 Å². The third kappa shape index (κ3) is 2.29. The van der Waals surface area contributed by atoms with Gasteiger partial charge in [0.2, 0.25) is 0 Å². The Morgan fingerprint density at radius 1 is 1.54 bits per heavy atom. The van der Waals surface area contributed by atoms with Gasteiger partial charge in [-0.05, 0) is 40.0 Å². The molecule has 1 aromatic carbocycles. The Morgan fingerprint density at radius 3 is 2.62 bits per heavy atom. The van der Waals surface area contributed by atoms with Gasteiger partial charge in [-0.15, -0.1) is 0 Å². The fraction of sp³-hybridized carbons (Fsp3) is 0.400. The molecular formula is C10H12BrFO. The molecule has 0 spiro atoms. The molecule has 1 N–H and O–H groups in total. The molecule has 0 aliphatic rings. The number of hydrogen-bond donors (Lipinski definition) is 1. The van der Waals surface area contributed by atoms with Crippen molar-refractivity contribution in [1.82, 2.24) is 0 Å². The molecule has 0 amide bonds. The quantitative estimate of drug-likeness (QED) is 0.851. The van der Waals surface area contributed by atoms with Crippen molar-refractivity contribution in [2.75, 3.05) is 6.61 Å². The van der Waals surface area contributed by atoms with E-state index in [-0.39, 0.29) is 18.3 Å². The molecule has 1 atom stereocenters. The second-order valence-corrected chi connectivity index (χ2v) is 4.07. The van der Waals surface area contributed by atoms with E-state index in [2.05, 4.69) is 15.9 Å². The number of aliphatic hydroxyl groups is 1. The first-order valence-corrected chi connectivity index (χ1v) is 4.92. The predicted octanol–water partition coefficient (Wildman–Crippen LogP) is 2.99. The second kappa shape index (κ2) is 4.20. The first-order valence-electron chi connectivity index (χ1n) is 4.12. The molecule has 0 heterocycles. The van der Waals surface area contributed by atoms with Crippen LogP contribution in [0.2, 0.25) is 0 Å². The average Bonchev–Trinajstić information content (AvgIpc) is 2.12. The van der Waals surface area contributed by atoms with Crippen LogP contribution >= 0.6 is 15.9 Å². The Balaban J connectivity index is 3.13. The van der Waals surface area contributed by atoms with Gasteiger partial charge in [-0.25, -0.2) is 4.39 Å². The van der Waals surface area contributed by atoms with Gasteiger partial charge in [-0.3, -0.25) is 0 Å². The van der Waals surface area contributed by atoms with E-state index in [0.29, 0.717) is 10.0 Å². The molecule has 0 aliphatic heterocycles. The summed E-state index contributed by atoms with van der Waals surface area (Å²) in [6.07, 6.45) is 0. The highest BCUT2D eigenvalue weighted by molar-refractivity contribution is 9.10. The summed E-state index contributed by atoms with van der Waals surface area (Å²) in [5.41, 5.74) is 1.55. The second-order valence-electron chi connectivity index (χ2n) is 3.22. The lowest BCUT2D eigenvalue weighted by molar-refractivity contribution is 0.273. The largest absolute Gasteiger partial charge is 0.396 e. The fourth-order valence-electron chi connectivity index (χ4n) is 1.14. The van der Waals surface area contributed by atoms with E-state index < -0.39 is 0 Å². The fourth-order valence-corrected chi connectivity index (χ4v) is 1.72. The monoisotopic (exact) mass is 246 g/mol. The first kappa shape index (κ1) is 10.7. The minimum atomic E-state index is -0.228. The normalized spacial score (nSPS) is 13.0.